The molecule has 158 valence electrons. The normalized spacial score (nSPS) is 14.7. The third-order valence-corrected chi connectivity index (χ3v) is 5.45. The molecule has 4 heterocycles. The van der Waals surface area contributed by atoms with E-state index in [4.69, 9.17) is 9.84 Å². The van der Waals surface area contributed by atoms with Crippen molar-refractivity contribution in [2.75, 3.05) is 25.1 Å². The number of ether oxygens (including phenoxy) is 1. The van der Waals surface area contributed by atoms with Gasteiger partial charge in [0.2, 0.25) is 5.95 Å². The average Bonchev–Trinajstić information content (AvgIpc) is 3.46. The topological polar surface area (TPSA) is 107 Å². The molecule has 5 rings (SSSR count). The Morgan fingerprint density at radius 2 is 2.00 bits per heavy atom. The Balaban J connectivity index is 1.40. The van der Waals surface area contributed by atoms with Gasteiger partial charge in [0.25, 0.3) is 0 Å². The molecule has 1 aliphatic heterocycles. The van der Waals surface area contributed by atoms with Gasteiger partial charge in [0.05, 0.1) is 12.2 Å². The molecular formula is C22H22N6O3. The SMILES string of the molecule is O=C(CO)c1ccc(Nc2nc3c(-c4cnn(C5CCOCC5)c4)cccn3n2)cc1. The summed E-state index contributed by atoms with van der Waals surface area (Å²) < 4.78 is 9.20. The number of aliphatic hydroxyl groups is 1. The molecule has 1 aromatic carbocycles. The van der Waals surface area contributed by atoms with Crippen LogP contribution in [-0.4, -0.2) is 55.1 Å². The number of carbonyl (C=O) groups is 1. The maximum atomic E-state index is 11.6. The fourth-order valence-electron chi connectivity index (χ4n) is 3.77. The van der Waals surface area contributed by atoms with Crippen LogP contribution in [0.2, 0.25) is 0 Å². The van der Waals surface area contributed by atoms with Crippen LogP contribution in [0.1, 0.15) is 29.2 Å². The second-order valence-corrected chi connectivity index (χ2v) is 7.46. The van der Waals surface area contributed by atoms with Crippen molar-refractivity contribution < 1.29 is 14.6 Å². The quantitative estimate of drug-likeness (QED) is 0.464. The van der Waals surface area contributed by atoms with Gasteiger partial charge in [-0.2, -0.15) is 10.1 Å². The number of rotatable bonds is 6. The Morgan fingerprint density at radius 3 is 2.77 bits per heavy atom. The van der Waals surface area contributed by atoms with Crippen LogP contribution in [0.3, 0.4) is 0 Å². The summed E-state index contributed by atoms with van der Waals surface area (Å²) in [6, 6.07) is 11.1. The molecule has 4 aromatic rings. The van der Waals surface area contributed by atoms with Crippen molar-refractivity contribution in [1.29, 1.82) is 0 Å². The monoisotopic (exact) mass is 418 g/mol. The number of fused-ring (bicyclic) bond motifs is 1. The third-order valence-electron chi connectivity index (χ3n) is 5.45. The molecule has 2 N–H and O–H groups in total. The first-order valence-corrected chi connectivity index (χ1v) is 10.2. The van der Waals surface area contributed by atoms with Crippen LogP contribution >= 0.6 is 0 Å². The molecule has 0 spiro atoms. The van der Waals surface area contributed by atoms with Crippen molar-refractivity contribution in [1.82, 2.24) is 24.4 Å². The van der Waals surface area contributed by atoms with Crippen molar-refractivity contribution in [3.05, 3.63) is 60.6 Å². The highest BCUT2D eigenvalue weighted by Crippen LogP contribution is 2.27. The van der Waals surface area contributed by atoms with E-state index in [1.165, 1.54) is 0 Å². The lowest BCUT2D eigenvalue weighted by Crippen LogP contribution is -2.19. The molecule has 1 fully saturated rings. The summed E-state index contributed by atoms with van der Waals surface area (Å²) in [4.78, 5) is 16.2. The second kappa shape index (κ2) is 8.29. The van der Waals surface area contributed by atoms with Crippen LogP contribution < -0.4 is 5.32 Å². The molecule has 31 heavy (non-hydrogen) atoms. The van der Waals surface area contributed by atoms with Crippen LogP contribution in [0.5, 0.6) is 0 Å². The van der Waals surface area contributed by atoms with E-state index in [1.54, 1.807) is 28.8 Å². The zero-order valence-electron chi connectivity index (χ0n) is 16.8. The van der Waals surface area contributed by atoms with Gasteiger partial charge in [-0.3, -0.25) is 9.48 Å². The number of nitrogens with zero attached hydrogens (tertiary/aromatic N) is 5. The molecule has 9 nitrogen and oxygen atoms in total. The number of anilines is 2. The molecule has 9 heteroatoms. The van der Waals surface area contributed by atoms with Crippen LogP contribution in [0, 0.1) is 0 Å². The minimum Gasteiger partial charge on any atom is -0.388 e. The van der Waals surface area contributed by atoms with E-state index in [-0.39, 0.29) is 5.78 Å². The van der Waals surface area contributed by atoms with Crippen molar-refractivity contribution >= 4 is 23.1 Å². The largest absolute Gasteiger partial charge is 0.388 e. The Labute approximate surface area is 178 Å². The third kappa shape index (κ3) is 3.92. The highest BCUT2D eigenvalue weighted by Gasteiger charge is 2.18. The Hall–Kier alpha value is -3.56. The van der Waals surface area contributed by atoms with Crippen LogP contribution in [0.4, 0.5) is 11.6 Å². The summed E-state index contributed by atoms with van der Waals surface area (Å²) in [7, 11) is 0. The first-order valence-electron chi connectivity index (χ1n) is 10.2. The number of hydrogen-bond donors (Lipinski definition) is 2. The minimum atomic E-state index is -0.505. The van der Waals surface area contributed by atoms with Crippen LogP contribution in [0.25, 0.3) is 16.8 Å². The van der Waals surface area contributed by atoms with Crippen molar-refractivity contribution in [3.63, 3.8) is 0 Å². The summed E-state index contributed by atoms with van der Waals surface area (Å²) in [5, 5.41) is 21.2. The average molecular weight is 418 g/mol. The standard InChI is InChI=1S/C22H22N6O3/c29-14-20(30)15-3-5-17(6-4-15)24-22-25-21-19(2-1-9-27(21)26-22)16-12-23-28(13-16)18-7-10-31-11-8-18/h1-6,9,12-13,18,29H,7-8,10-11,14H2,(H,24,26). The first-order chi connectivity index (χ1) is 15.2. The van der Waals surface area contributed by atoms with E-state index in [9.17, 15) is 4.79 Å². The number of hydrogen-bond acceptors (Lipinski definition) is 7. The van der Waals surface area contributed by atoms with Gasteiger partial charge in [0.1, 0.15) is 6.61 Å². The van der Waals surface area contributed by atoms with E-state index in [0.29, 0.717) is 17.6 Å². The molecule has 0 saturated carbocycles. The minimum absolute atomic E-state index is 0.316. The molecule has 3 aromatic heterocycles. The molecule has 1 aliphatic rings. The number of aliphatic hydroxyl groups excluding tert-OH is 1. The van der Waals surface area contributed by atoms with Crippen molar-refractivity contribution in [3.8, 4) is 11.1 Å². The predicted molar refractivity (Wildman–Crippen MR) is 114 cm³/mol. The maximum Gasteiger partial charge on any atom is 0.247 e. The lowest BCUT2D eigenvalue weighted by atomic mass is 10.1. The van der Waals surface area contributed by atoms with Gasteiger partial charge in [-0.05, 0) is 49.2 Å². The molecule has 0 unspecified atom stereocenters. The number of aromatic nitrogens is 5. The van der Waals surface area contributed by atoms with E-state index in [1.807, 2.05) is 29.2 Å². The highest BCUT2D eigenvalue weighted by molar-refractivity contribution is 5.97. The summed E-state index contributed by atoms with van der Waals surface area (Å²) >= 11 is 0. The number of ketones is 1. The van der Waals surface area contributed by atoms with Gasteiger partial charge in [0.15, 0.2) is 11.4 Å². The van der Waals surface area contributed by atoms with Gasteiger partial charge in [-0.25, -0.2) is 4.52 Å². The molecule has 0 radical (unpaired) electrons. The number of Topliss-reactive ketones (excluding diaryl/α,β-unsaturated/α-hetero) is 1. The number of pyridine rings is 1. The first kappa shape index (κ1) is 19.4. The number of carbonyl (C=O) groups excluding carboxylic acids is 1. The maximum absolute atomic E-state index is 11.6. The van der Waals surface area contributed by atoms with Gasteiger partial charge < -0.3 is 15.2 Å². The highest BCUT2D eigenvalue weighted by atomic mass is 16.5. The van der Waals surface area contributed by atoms with E-state index in [0.717, 1.165) is 48.5 Å². The molecular weight excluding hydrogens is 396 g/mol. The lowest BCUT2D eigenvalue weighted by molar-refractivity contribution is 0.0662. The van der Waals surface area contributed by atoms with E-state index >= 15 is 0 Å². The van der Waals surface area contributed by atoms with Crippen LogP contribution in [0.15, 0.2) is 55.0 Å². The van der Waals surface area contributed by atoms with E-state index in [2.05, 4.69) is 26.7 Å². The molecule has 0 aliphatic carbocycles. The van der Waals surface area contributed by atoms with E-state index < -0.39 is 6.61 Å². The van der Waals surface area contributed by atoms with Gasteiger partial charge in [-0.1, -0.05) is 0 Å². The van der Waals surface area contributed by atoms with Gasteiger partial charge in [-0.15, -0.1) is 5.10 Å². The van der Waals surface area contributed by atoms with Gasteiger partial charge in [0, 0.05) is 48.0 Å². The summed E-state index contributed by atoms with van der Waals surface area (Å²) in [5.41, 5.74) is 3.87. The summed E-state index contributed by atoms with van der Waals surface area (Å²) in [6.07, 6.45) is 7.70. The number of nitrogens with one attached hydrogen (secondary N) is 1. The Morgan fingerprint density at radius 1 is 1.19 bits per heavy atom. The Bertz CT molecular complexity index is 1210. The zero-order chi connectivity index (χ0) is 21.2. The molecule has 0 atom stereocenters. The molecule has 0 amide bonds. The lowest BCUT2D eigenvalue weighted by Gasteiger charge is -2.22. The van der Waals surface area contributed by atoms with Gasteiger partial charge >= 0.3 is 0 Å². The van der Waals surface area contributed by atoms with Crippen molar-refractivity contribution in [2.24, 2.45) is 0 Å². The summed E-state index contributed by atoms with van der Waals surface area (Å²) in [5.74, 6) is 0.133. The smallest absolute Gasteiger partial charge is 0.247 e. The fourth-order valence-corrected chi connectivity index (χ4v) is 3.77. The second-order valence-electron chi connectivity index (χ2n) is 7.46. The number of benzene rings is 1. The molecule has 1 saturated heterocycles. The van der Waals surface area contributed by atoms with Crippen LogP contribution in [-0.2, 0) is 4.74 Å². The fraction of sp³-hybridized carbons (Fsp3) is 0.273. The zero-order valence-corrected chi connectivity index (χ0v) is 16.8. The molecule has 0 bridgehead atoms. The Kier molecular flexibility index (Phi) is 5.19. The summed E-state index contributed by atoms with van der Waals surface area (Å²) in [6.45, 7) is 1.03. The predicted octanol–water partition coefficient (Wildman–Crippen LogP) is 2.86. The van der Waals surface area contributed by atoms with Crippen molar-refractivity contribution in [2.45, 2.75) is 18.9 Å².